The van der Waals surface area contributed by atoms with Crippen LogP contribution in [0.4, 0.5) is 5.69 Å². The first-order chi connectivity index (χ1) is 9.15. The molecule has 1 heterocycles. The van der Waals surface area contributed by atoms with Crippen molar-refractivity contribution >= 4 is 5.69 Å². The number of anilines is 1. The molecule has 2 rings (SSSR count). The van der Waals surface area contributed by atoms with Crippen LogP contribution in [0.2, 0.25) is 0 Å². The van der Waals surface area contributed by atoms with Crippen LogP contribution in [0.5, 0.6) is 5.75 Å². The van der Waals surface area contributed by atoms with Crippen molar-refractivity contribution < 1.29 is 4.74 Å². The van der Waals surface area contributed by atoms with Gasteiger partial charge in [-0.3, -0.25) is 0 Å². The summed E-state index contributed by atoms with van der Waals surface area (Å²) < 4.78 is 7.41. The van der Waals surface area contributed by atoms with E-state index in [0.29, 0.717) is 19.1 Å². The second-order valence-corrected chi connectivity index (χ2v) is 4.83. The van der Waals surface area contributed by atoms with Gasteiger partial charge in [-0.25, -0.2) is 4.68 Å². The van der Waals surface area contributed by atoms with E-state index in [1.165, 1.54) is 0 Å². The second-order valence-electron chi connectivity index (χ2n) is 4.83. The molecule has 2 N–H and O–H groups in total. The molecular formula is C13H19N5O. The minimum absolute atomic E-state index is 0.528. The Hall–Kier alpha value is -2.11. The fourth-order valence-electron chi connectivity index (χ4n) is 1.72. The molecule has 1 aromatic carbocycles. The number of tetrazole rings is 1. The molecule has 6 heteroatoms. The molecule has 0 aliphatic carbocycles. The van der Waals surface area contributed by atoms with E-state index in [1.807, 2.05) is 24.3 Å². The van der Waals surface area contributed by atoms with E-state index in [0.717, 1.165) is 23.7 Å². The van der Waals surface area contributed by atoms with Gasteiger partial charge in [0.25, 0.3) is 0 Å². The summed E-state index contributed by atoms with van der Waals surface area (Å²) in [4.78, 5) is 0. The minimum atomic E-state index is 0.528. The normalized spacial score (nSPS) is 10.9. The van der Waals surface area contributed by atoms with E-state index in [9.17, 15) is 0 Å². The summed E-state index contributed by atoms with van der Waals surface area (Å²) >= 11 is 0. The fourth-order valence-corrected chi connectivity index (χ4v) is 1.72. The molecule has 0 amide bonds. The first-order valence-corrected chi connectivity index (χ1v) is 6.38. The minimum Gasteiger partial charge on any atom is -0.492 e. The molecule has 0 bridgehead atoms. The van der Waals surface area contributed by atoms with Gasteiger partial charge in [-0.15, -0.1) is 5.10 Å². The zero-order valence-corrected chi connectivity index (χ0v) is 11.3. The Morgan fingerprint density at radius 3 is 2.68 bits per heavy atom. The number of aromatic nitrogens is 4. The van der Waals surface area contributed by atoms with Crippen LogP contribution in [0, 0.1) is 5.92 Å². The maximum Gasteiger partial charge on any atom is 0.151 e. The van der Waals surface area contributed by atoms with E-state index in [4.69, 9.17) is 10.5 Å². The largest absolute Gasteiger partial charge is 0.492 e. The summed E-state index contributed by atoms with van der Waals surface area (Å²) in [6.45, 7) is 5.45. The van der Waals surface area contributed by atoms with Gasteiger partial charge in [0.15, 0.2) is 5.82 Å². The predicted octanol–water partition coefficient (Wildman–Crippen LogP) is 1.53. The lowest BCUT2D eigenvalue weighted by atomic mass is 10.1. The fraction of sp³-hybridized carbons (Fsp3) is 0.462. The quantitative estimate of drug-likeness (QED) is 0.798. The topological polar surface area (TPSA) is 78.8 Å². The number of rotatable bonds is 6. The van der Waals surface area contributed by atoms with Crippen LogP contribution in [0.25, 0.3) is 0 Å². The molecule has 0 aliphatic rings. The molecule has 0 spiro atoms. The SMILES string of the molecule is CC(C)Cc1nnnn1CCOc1ccc(N)cc1. The van der Waals surface area contributed by atoms with Crippen molar-refractivity contribution in [1.29, 1.82) is 0 Å². The number of ether oxygens (including phenoxy) is 1. The van der Waals surface area contributed by atoms with Gasteiger partial charge >= 0.3 is 0 Å². The average Bonchev–Trinajstić information content (AvgIpc) is 2.78. The molecule has 0 saturated carbocycles. The van der Waals surface area contributed by atoms with Crippen molar-refractivity contribution in [2.24, 2.45) is 5.92 Å². The Bertz CT molecular complexity index is 506. The van der Waals surface area contributed by atoms with E-state index < -0.39 is 0 Å². The van der Waals surface area contributed by atoms with Gasteiger partial charge in [-0.2, -0.15) is 0 Å². The van der Waals surface area contributed by atoms with Crippen molar-refractivity contribution in [3.63, 3.8) is 0 Å². The molecule has 1 aromatic heterocycles. The van der Waals surface area contributed by atoms with Crippen LogP contribution in [0.15, 0.2) is 24.3 Å². The number of nitrogens with zero attached hydrogens (tertiary/aromatic N) is 4. The lowest BCUT2D eigenvalue weighted by Gasteiger charge is -2.08. The molecule has 2 aromatic rings. The summed E-state index contributed by atoms with van der Waals surface area (Å²) in [7, 11) is 0. The third-order valence-corrected chi connectivity index (χ3v) is 2.65. The van der Waals surface area contributed by atoms with Crippen LogP contribution in [-0.2, 0) is 13.0 Å². The van der Waals surface area contributed by atoms with Gasteiger partial charge in [0, 0.05) is 12.1 Å². The Balaban J connectivity index is 1.85. The molecule has 6 nitrogen and oxygen atoms in total. The number of nitrogen functional groups attached to an aromatic ring is 1. The van der Waals surface area contributed by atoms with Crippen LogP contribution < -0.4 is 10.5 Å². The molecule has 0 unspecified atom stereocenters. The summed E-state index contributed by atoms with van der Waals surface area (Å²) in [5, 5.41) is 11.7. The number of nitrogens with two attached hydrogens (primary N) is 1. The molecule has 0 aliphatic heterocycles. The lowest BCUT2D eigenvalue weighted by Crippen LogP contribution is -2.14. The van der Waals surface area contributed by atoms with Crippen LogP contribution in [-0.4, -0.2) is 26.8 Å². The Morgan fingerprint density at radius 2 is 2.00 bits per heavy atom. The van der Waals surface area contributed by atoms with Crippen LogP contribution in [0.1, 0.15) is 19.7 Å². The number of benzene rings is 1. The lowest BCUT2D eigenvalue weighted by molar-refractivity contribution is 0.286. The Labute approximate surface area is 112 Å². The van der Waals surface area contributed by atoms with Gasteiger partial charge in [0.05, 0.1) is 6.54 Å². The van der Waals surface area contributed by atoms with Crippen molar-refractivity contribution in [2.75, 3.05) is 12.3 Å². The Kier molecular flexibility index (Phi) is 4.33. The van der Waals surface area contributed by atoms with E-state index >= 15 is 0 Å². The van der Waals surface area contributed by atoms with Gasteiger partial charge < -0.3 is 10.5 Å². The highest BCUT2D eigenvalue weighted by Gasteiger charge is 2.07. The summed E-state index contributed by atoms with van der Waals surface area (Å²) in [6, 6.07) is 7.33. The Morgan fingerprint density at radius 1 is 1.26 bits per heavy atom. The monoisotopic (exact) mass is 261 g/mol. The zero-order valence-electron chi connectivity index (χ0n) is 11.3. The highest BCUT2D eigenvalue weighted by Crippen LogP contribution is 2.13. The van der Waals surface area contributed by atoms with Crippen LogP contribution in [0.3, 0.4) is 0 Å². The molecule has 0 fully saturated rings. The molecule has 0 saturated heterocycles. The third-order valence-electron chi connectivity index (χ3n) is 2.65. The summed E-state index contributed by atoms with van der Waals surface area (Å²) in [5.74, 6) is 2.23. The van der Waals surface area contributed by atoms with E-state index in [1.54, 1.807) is 4.68 Å². The number of hydrogen-bond donors (Lipinski definition) is 1. The maximum atomic E-state index is 5.62. The maximum absolute atomic E-state index is 5.62. The summed E-state index contributed by atoms with van der Waals surface area (Å²) in [5.41, 5.74) is 6.34. The highest BCUT2D eigenvalue weighted by atomic mass is 16.5. The predicted molar refractivity (Wildman–Crippen MR) is 72.7 cm³/mol. The van der Waals surface area contributed by atoms with Gasteiger partial charge in [0.2, 0.25) is 0 Å². The van der Waals surface area contributed by atoms with Gasteiger partial charge in [-0.1, -0.05) is 13.8 Å². The van der Waals surface area contributed by atoms with E-state index in [-0.39, 0.29) is 0 Å². The molecule has 102 valence electrons. The first-order valence-electron chi connectivity index (χ1n) is 6.38. The average molecular weight is 261 g/mol. The van der Waals surface area contributed by atoms with E-state index in [2.05, 4.69) is 29.4 Å². The standard InChI is InChI=1S/C13H19N5O/c1-10(2)9-13-15-16-17-18(13)7-8-19-12-5-3-11(14)4-6-12/h3-6,10H,7-9,14H2,1-2H3. The third kappa shape index (κ3) is 3.94. The second kappa shape index (κ2) is 6.17. The van der Waals surface area contributed by atoms with Gasteiger partial charge in [0.1, 0.15) is 12.4 Å². The van der Waals surface area contributed by atoms with Crippen molar-refractivity contribution in [3.05, 3.63) is 30.1 Å². The summed E-state index contributed by atoms with van der Waals surface area (Å²) in [6.07, 6.45) is 0.870. The number of hydrogen-bond acceptors (Lipinski definition) is 5. The van der Waals surface area contributed by atoms with Crippen molar-refractivity contribution in [3.8, 4) is 5.75 Å². The first kappa shape index (κ1) is 13.3. The van der Waals surface area contributed by atoms with Gasteiger partial charge in [-0.05, 0) is 40.6 Å². The smallest absolute Gasteiger partial charge is 0.151 e. The zero-order chi connectivity index (χ0) is 13.7. The van der Waals surface area contributed by atoms with Crippen LogP contribution >= 0.6 is 0 Å². The highest BCUT2D eigenvalue weighted by molar-refractivity contribution is 5.41. The molecule has 0 atom stereocenters. The molecule has 19 heavy (non-hydrogen) atoms. The van der Waals surface area contributed by atoms with Crippen molar-refractivity contribution in [2.45, 2.75) is 26.8 Å². The molecular weight excluding hydrogens is 242 g/mol. The van der Waals surface area contributed by atoms with Crippen molar-refractivity contribution in [1.82, 2.24) is 20.2 Å². The molecule has 0 radical (unpaired) electrons.